The molecule has 0 spiro atoms. The molecule has 0 radical (unpaired) electrons. The van der Waals surface area contributed by atoms with E-state index in [1.54, 1.807) is 24.3 Å². The summed E-state index contributed by atoms with van der Waals surface area (Å²) in [6.45, 7) is 3.28. The summed E-state index contributed by atoms with van der Waals surface area (Å²) in [4.78, 5) is 37.7. The predicted octanol–water partition coefficient (Wildman–Crippen LogP) is 1.60. The summed E-state index contributed by atoms with van der Waals surface area (Å²) in [6, 6.07) is 11.7. The summed E-state index contributed by atoms with van der Waals surface area (Å²) in [6.07, 6.45) is 1.41. The monoisotopic (exact) mass is 414 g/mol. The second-order valence-corrected chi connectivity index (χ2v) is 7.88. The fraction of sp³-hybridized carbons (Fsp3) is 0.150. The minimum atomic E-state index is -3.69. The van der Waals surface area contributed by atoms with Gasteiger partial charge in [0.1, 0.15) is 6.61 Å². The largest absolute Gasteiger partial charge is 0.460 e. The molecule has 0 aliphatic carbocycles. The van der Waals surface area contributed by atoms with Crippen LogP contribution >= 0.6 is 0 Å². The van der Waals surface area contributed by atoms with Gasteiger partial charge < -0.3 is 4.74 Å². The summed E-state index contributed by atoms with van der Waals surface area (Å²) >= 11 is 0. The number of ether oxygens (including phenoxy) is 1. The molecular formula is C20H18N2O6S. The van der Waals surface area contributed by atoms with Gasteiger partial charge in [-0.15, -0.1) is 6.58 Å². The van der Waals surface area contributed by atoms with Crippen molar-refractivity contribution in [3.05, 3.63) is 77.9 Å². The number of nitrogens with one attached hydrogen (secondary N) is 1. The van der Waals surface area contributed by atoms with Crippen LogP contribution in [0.2, 0.25) is 0 Å². The van der Waals surface area contributed by atoms with Crippen molar-refractivity contribution in [1.29, 1.82) is 0 Å². The van der Waals surface area contributed by atoms with Crippen LogP contribution in [0, 0.1) is 0 Å². The fourth-order valence-electron chi connectivity index (χ4n) is 2.78. The minimum Gasteiger partial charge on any atom is -0.460 e. The Morgan fingerprint density at radius 3 is 2.17 bits per heavy atom. The Bertz CT molecular complexity index is 1040. The highest BCUT2D eigenvalue weighted by molar-refractivity contribution is 7.89. The van der Waals surface area contributed by atoms with Crippen molar-refractivity contribution in [2.75, 3.05) is 19.7 Å². The average molecular weight is 414 g/mol. The number of fused-ring (bicyclic) bond motifs is 1. The van der Waals surface area contributed by atoms with Gasteiger partial charge in [-0.3, -0.25) is 14.5 Å². The molecule has 0 fully saturated rings. The molecular weight excluding hydrogens is 396 g/mol. The van der Waals surface area contributed by atoms with Crippen molar-refractivity contribution in [2.24, 2.45) is 0 Å². The van der Waals surface area contributed by atoms with E-state index in [4.69, 9.17) is 4.74 Å². The Morgan fingerprint density at radius 1 is 1.03 bits per heavy atom. The molecule has 0 saturated carbocycles. The molecule has 150 valence electrons. The number of carbonyl (C=O) groups excluding carboxylic acids is 3. The zero-order valence-electron chi connectivity index (χ0n) is 15.3. The van der Waals surface area contributed by atoms with Gasteiger partial charge in [-0.05, 0) is 36.4 Å². The second kappa shape index (κ2) is 8.38. The van der Waals surface area contributed by atoms with Gasteiger partial charge in [-0.1, -0.05) is 18.2 Å². The molecule has 3 rings (SSSR count). The van der Waals surface area contributed by atoms with Crippen LogP contribution in [-0.2, 0) is 14.8 Å². The molecule has 0 bridgehead atoms. The number of imide groups is 1. The van der Waals surface area contributed by atoms with E-state index in [1.807, 2.05) is 0 Å². The van der Waals surface area contributed by atoms with Crippen molar-refractivity contribution in [1.82, 2.24) is 9.62 Å². The fourth-order valence-corrected chi connectivity index (χ4v) is 3.78. The zero-order chi connectivity index (χ0) is 21.0. The van der Waals surface area contributed by atoms with Crippen molar-refractivity contribution >= 4 is 27.8 Å². The molecule has 2 amide bonds. The van der Waals surface area contributed by atoms with Crippen LogP contribution in [0.1, 0.15) is 31.1 Å². The van der Waals surface area contributed by atoms with Gasteiger partial charge in [-0.25, -0.2) is 17.9 Å². The Morgan fingerprint density at radius 2 is 1.62 bits per heavy atom. The van der Waals surface area contributed by atoms with E-state index in [2.05, 4.69) is 11.3 Å². The molecule has 1 aliphatic rings. The van der Waals surface area contributed by atoms with E-state index in [1.165, 1.54) is 30.3 Å². The van der Waals surface area contributed by atoms with E-state index in [0.29, 0.717) is 11.1 Å². The summed E-state index contributed by atoms with van der Waals surface area (Å²) in [5.74, 6) is -1.55. The van der Waals surface area contributed by atoms with Crippen LogP contribution in [0.15, 0.2) is 66.1 Å². The number of hydrogen-bond acceptors (Lipinski definition) is 6. The zero-order valence-corrected chi connectivity index (χ0v) is 16.1. The summed E-state index contributed by atoms with van der Waals surface area (Å²) in [5.41, 5.74) is 0.798. The number of hydrogen-bond donors (Lipinski definition) is 1. The average Bonchev–Trinajstić information content (AvgIpc) is 2.97. The number of nitrogens with zero attached hydrogens (tertiary/aromatic N) is 1. The molecule has 0 unspecified atom stereocenters. The number of carbonyl (C=O) groups is 3. The van der Waals surface area contributed by atoms with Crippen molar-refractivity contribution in [3.8, 4) is 0 Å². The standard InChI is InChI=1S/C20H18N2O6S/c1-2-11-21-29(26,27)15-9-7-14(8-10-15)20(25)28-13-12-22-18(23)16-5-3-4-6-17(16)19(22)24/h2-10,21H,1,11-13H2. The lowest BCUT2D eigenvalue weighted by Gasteiger charge is -2.13. The van der Waals surface area contributed by atoms with Gasteiger partial charge >= 0.3 is 5.97 Å². The van der Waals surface area contributed by atoms with E-state index in [9.17, 15) is 22.8 Å². The van der Waals surface area contributed by atoms with Gasteiger partial charge in [0.2, 0.25) is 10.0 Å². The third-order valence-electron chi connectivity index (χ3n) is 4.24. The second-order valence-electron chi connectivity index (χ2n) is 6.11. The molecule has 8 nitrogen and oxygen atoms in total. The minimum absolute atomic E-state index is 0.00178. The third kappa shape index (κ3) is 4.25. The molecule has 9 heteroatoms. The Kier molecular flexibility index (Phi) is 5.90. The molecule has 2 aromatic rings. The molecule has 0 saturated heterocycles. The molecule has 1 heterocycles. The Labute approximate surface area is 167 Å². The van der Waals surface area contributed by atoms with Gasteiger partial charge in [0.05, 0.1) is 28.1 Å². The Hall–Kier alpha value is -3.30. The number of benzene rings is 2. The normalized spacial score (nSPS) is 13.3. The number of sulfonamides is 1. The lowest BCUT2D eigenvalue weighted by atomic mass is 10.1. The number of esters is 1. The number of rotatable bonds is 8. The van der Waals surface area contributed by atoms with Gasteiger partial charge in [-0.2, -0.15) is 0 Å². The van der Waals surface area contributed by atoms with Crippen LogP contribution in [0.4, 0.5) is 0 Å². The third-order valence-corrected chi connectivity index (χ3v) is 5.68. The lowest BCUT2D eigenvalue weighted by Crippen LogP contribution is -2.33. The van der Waals surface area contributed by atoms with Crippen molar-refractivity contribution < 1.29 is 27.5 Å². The summed E-state index contributed by atoms with van der Waals surface area (Å²) in [7, 11) is -3.69. The first-order valence-corrected chi connectivity index (χ1v) is 10.2. The first-order valence-electron chi connectivity index (χ1n) is 8.68. The first kappa shape index (κ1) is 20.4. The maximum absolute atomic E-state index is 12.3. The molecule has 0 aromatic heterocycles. The smallest absolute Gasteiger partial charge is 0.338 e. The maximum Gasteiger partial charge on any atom is 0.338 e. The molecule has 2 aromatic carbocycles. The van der Waals surface area contributed by atoms with Crippen LogP contribution < -0.4 is 4.72 Å². The molecule has 1 aliphatic heterocycles. The van der Waals surface area contributed by atoms with E-state index < -0.39 is 27.8 Å². The van der Waals surface area contributed by atoms with Crippen molar-refractivity contribution in [3.63, 3.8) is 0 Å². The van der Waals surface area contributed by atoms with Crippen LogP contribution in [-0.4, -0.2) is 50.8 Å². The van der Waals surface area contributed by atoms with Gasteiger partial charge in [0.15, 0.2) is 0 Å². The first-order chi connectivity index (χ1) is 13.8. The molecule has 0 atom stereocenters. The van der Waals surface area contributed by atoms with Crippen LogP contribution in [0.3, 0.4) is 0 Å². The summed E-state index contributed by atoms with van der Waals surface area (Å²) < 4.78 is 31.4. The van der Waals surface area contributed by atoms with Crippen LogP contribution in [0.5, 0.6) is 0 Å². The number of amides is 2. The Balaban J connectivity index is 1.57. The van der Waals surface area contributed by atoms with Crippen molar-refractivity contribution in [2.45, 2.75) is 4.90 Å². The predicted molar refractivity (Wildman–Crippen MR) is 104 cm³/mol. The van der Waals surface area contributed by atoms with E-state index in [-0.39, 0.29) is 30.2 Å². The molecule has 1 N–H and O–H groups in total. The highest BCUT2D eigenvalue weighted by Gasteiger charge is 2.34. The quantitative estimate of drug-likeness (QED) is 0.399. The van der Waals surface area contributed by atoms with E-state index in [0.717, 1.165) is 4.90 Å². The maximum atomic E-state index is 12.3. The van der Waals surface area contributed by atoms with Gasteiger partial charge in [0.25, 0.3) is 11.8 Å². The highest BCUT2D eigenvalue weighted by Crippen LogP contribution is 2.22. The van der Waals surface area contributed by atoms with Gasteiger partial charge in [0, 0.05) is 6.54 Å². The lowest BCUT2D eigenvalue weighted by molar-refractivity contribution is 0.0420. The van der Waals surface area contributed by atoms with E-state index >= 15 is 0 Å². The SMILES string of the molecule is C=CCNS(=O)(=O)c1ccc(C(=O)OCCN2C(=O)c3ccccc3C2=O)cc1. The molecule has 29 heavy (non-hydrogen) atoms. The van der Waals surface area contributed by atoms with Crippen LogP contribution in [0.25, 0.3) is 0 Å². The highest BCUT2D eigenvalue weighted by atomic mass is 32.2. The topological polar surface area (TPSA) is 110 Å². The summed E-state index contributed by atoms with van der Waals surface area (Å²) in [5, 5.41) is 0.